The Balaban J connectivity index is 2.16. The van der Waals surface area contributed by atoms with Gasteiger partial charge in [0.1, 0.15) is 17.3 Å². The summed E-state index contributed by atoms with van der Waals surface area (Å²) in [5.41, 5.74) is 2.12. The standard InChI is InChI=1S/C17H20FNO/c1-12(2)14-4-6-16(7-5-14)20-17-9-13(11-19-3)8-15(18)10-17/h4-10,12,19H,11H2,1-3H3. The average Bonchev–Trinajstić information content (AvgIpc) is 2.39. The number of rotatable bonds is 5. The van der Waals surface area contributed by atoms with Crippen molar-refractivity contribution in [2.24, 2.45) is 0 Å². The quantitative estimate of drug-likeness (QED) is 0.868. The van der Waals surface area contributed by atoms with Gasteiger partial charge in [-0.15, -0.1) is 0 Å². The van der Waals surface area contributed by atoms with Crippen LogP contribution in [0.2, 0.25) is 0 Å². The van der Waals surface area contributed by atoms with Gasteiger partial charge >= 0.3 is 0 Å². The highest BCUT2D eigenvalue weighted by atomic mass is 19.1. The fourth-order valence-corrected chi connectivity index (χ4v) is 2.04. The molecule has 2 nitrogen and oxygen atoms in total. The predicted octanol–water partition coefficient (Wildman–Crippen LogP) is 4.46. The molecule has 20 heavy (non-hydrogen) atoms. The van der Waals surface area contributed by atoms with Crippen LogP contribution in [0.1, 0.15) is 30.9 Å². The number of hydrogen-bond acceptors (Lipinski definition) is 2. The zero-order valence-electron chi connectivity index (χ0n) is 12.1. The van der Waals surface area contributed by atoms with Crippen LogP contribution in [0, 0.1) is 5.82 Å². The van der Waals surface area contributed by atoms with Crippen molar-refractivity contribution in [1.82, 2.24) is 5.32 Å². The lowest BCUT2D eigenvalue weighted by atomic mass is 10.0. The lowest BCUT2D eigenvalue weighted by molar-refractivity contribution is 0.475. The first-order valence-electron chi connectivity index (χ1n) is 6.80. The Morgan fingerprint density at radius 1 is 1.05 bits per heavy atom. The first kappa shape index (κ1) is 14.5. The minimum Gasteiger partial charge on any atom is -0.457 e. The Bertz CT molecular complexity index is 564. The van der Waals surface area contributed by atoms with Gasteiger partial charge in [0.2, 0.25) is 0 Å². The first-order chi connectivity index (χ1) is 9.58. The summed E-state index contributed by atoms with van der Waals surface area (Å²) in [7, 11) is 1.83. The molecule has 0 amide bonds. The molecule has 0 aliphatic carbocycles. The summed E-state index contributed by atoms with van der Waals surface area (Å²) < 4.78 is 19.2. The molecule has 0 heterocycles. The van der Waals surface area contributed by atoms with Crippen LogP contribution in [0.15, 0.2) is 42.5 Å². The Labute approximate surface area is 119 Å². The van der Waals surface area contributed by atoms with E-state index in [1.54, 1.807) is 0 Å². The highest BCUT2D eigenvalue weighted by molar-refractivity contribution is 5.36. The third-order valence-corrected chi connectivity index (χ3v) is 3.09. The largest absolute Gasteiger partial charge is 0.457 e. The van der Waals surface area contributed by atoms with E-state index in [4.69, 9.17) is 4.74 Å². The molecule has 0 spiro atoms. The van der Waals surface area contributed by atoms with Crippen molar-refractivity contribution in [2.75, 3.05) is 7.05 Å². The molecular formula is C17H20FNO. The highest BCUT2D eigenvalue weighted by Gasteiger charge is 2.04. The fourth-order valence-electron chi connectivity index (χ4n) is 2.04. The molecular weight excluding hydrogens is 253 g/mol. The molecule has 2 aromatic carbocycles. The molecule has 3 heteroatoms. The second kappa shape index (κ2) is 6.53. The van der Waals surface area contributed by atoms with Gasteiger partial charge < -0.3 is 10.1 Å². The van der Waals surface area contributed by atoms with E-state index in [0.29, 0.717) is 18.2 Å². The topological polar surface area (TPSA) is 21.3 Å². The van der Waals surface area contributed by atoms with Crippen LogP contribution in [-0.4, -0.2) is 7.05 Å². The van der Waals surface area contributed by atoms with Crippen LogP contribution in [-0.2, 0) is 6.54 Å². The first-order valence-corrected chi connectivity index (χ1v) is 6.80. The van der Waals surface area contributed by atoms with Gasteiger partial charge in [-0.1, -0.05) is 26.0 Å². The minimum absolute atomic E-state index is 0.286. The van der Waals surface area contributed by atoms with E-state index in [-0.39, 0.29) is 5.82 Å². The van der Waals surface area contributed by atoms with E-state index in [1.165, 1.54) is 17.7 Å². The summed E-state index contributed by atoms with van der Waals surface area (Å²) in [4.78, 5) is 0. The molecule has 0 saturated heterocycles. The molecule has 0 unspecified atom stereocenters. The third kappa shape index (κ3) is 3.81. The van der Waals surface area contributed by atoms with Gasteiger partial charge in [0.05, 0.1) is 0 Å². The van der Waals surface area contributed by atoms with Gasteiger partial charge in [-0.25, -0.2) is 4.39 Å². The van der Waals surface area contributed by atoms with Crippen molar-refractivity contribution in [1.29, 1.82) is 0 Å². The van der Waals surface area contributed by atoms with Crippen molar-refractivity contribution in [3.8, 4) is 11.5 Å². The second-order valence-electron chi connectivity index (χ2n) is 5.15. The fraction of sp³-hybridized carbons (Fsp3) is 0.294. The van der Waals surface area contributed by atoms with E-state index in [0.717, 1.165) is 11.3 Å². The zero-order chi connectivity index (χ0) is 14.5. The van der Waals surface area contributed by atoms with Crippen LogP contribution < -0.4 is 10.1 Å². The molecule has 1 N–H and O–H groups in total. The summed E-state index contributed by atoms with van der Waals surface area (Å²) in [5.74, 6) is 1.44. The van der Waals surface area contributed by atoms with E-state index in [2.05, 4.69) is 19.2 Å². The molecule has 2 rings (SSSR count). The van der Waals surface area contributed by atoms with E-state index < -0.39 is 0 Å². The summed E-state index contributed by atoms with van der Waals surface area (Å²) >= 11 is 0. The Morgan fingerprint density at radius 3 is 2.35 bits per heavy atom. The molecule has 0 aliphatic rings. The summed E-state index contributed by atoms with van der Waals surface area (Å²) in [6.45, 7) is 4.90. The van der Waals surface area contributed by atoms with E-state index in [9.17, 15) is 4.39 Å². The summed E-state index contributed by atoms with van der Waals surface area (Å²) in [6.07, 6.45) is 0. The Kier molecular flexibility index (Phi) is 4.74. The van der Waals surface area contributed by atoms with Gasteiger partial charge in [-0.2, -0.15) is 0 Å². The monoisotopic (exact) mass is 273 g/mol. The second-order valence-corrected chi connectivity index (χ2v) is 5.15. The van der Waals surface area contributed by atoms with Gasteiger partial charge in [-0.3, -0.25) is 0 Å². The van der Waals surface area contributed by atoms with E-state index in [1.807, 2.05) is 37.4 Å². The lowest BCUT2D eigenvalue weighted by Crippen LogP contribution is -2.05. The molecule has 0 saturated carbocycles. The van der Waals surface area contributed by atoms with Crippen molar-refractivity contribution in [3.63, 3.8) is 0 Å². The third-order valence-electron chi connectivity index (χ3n) is 3.09. The van der Waals surface area contributed by atoms with Crippen LogP contribution in [0.4, 0.5) is 4.39 Å². The summed E-state index contributed by atoms with van der Waals surface area (Å²) in [5, 5.41) is 3.00. The van der Waals surface area contributed by atoms with Crippen LogP contribution in [0.3, 0.4) is 0 Å². The van der Waals surface area contributed by atoms with Gasteiger partial charge in [0.25, 0.3) is 0 Å². The number of nitrogens with one attached hydrogen (secondary N) is 1. The number of halogens is 1. The maximum absolute atomic E-state index is 13.5. The maximum Gasteiger partial charge on any atom is 0.130 e. The summed E-state index contributed by atoms with van der Waals surface area (Å²) in [6, 6.07) is 12.6. The molecule has 106 valence electrons. The van der Waals surface area contributed by atoms with Gasteiger partial charge in [0.15, 0.2) is 0 Å². The van der Waals surface area contributed by atoms with E-state index >= 15 is 0 Å². The Morgan fingerprint density at radius 2 is 1.75 bits per heavy atom. The van der Waals surface area contributed by atoms with Gasteiger partial charge in [0, 0.05) is 12.6 Å². The normalized spacial score (nSPS) is 10.8. The molecule has 0 bridgehead atoms. The molecule has 0 atom stereocenters. The lowest BCUT2D eigenvalue weighted by Gasteiger charge is -2.10. The number of benzene rings is 2. The smallest absolute Gasteiger partial charge is 0.130 e. The minimum atomic E-state index is -0.286. The molecule has 0 radical (unpaired) electrons. The van der Waals surface area contributed by atoms with Gasteiger partial charge in [-0.05, 0) is 48.4 Å². The van der Waals surface area contributed by atoms with Crippen molar-refractivity contribution < 1.29 is 9.13 Å². The Hall–Kier alpha value is -1.87. The maximum atomic E-state index is 13.5. The van der Waals surface area contributed by atoms with Crippen LogP contribution >= 0.6 is 0 Å². The SMILES string of the molecule is CNCc1cc(F)cc(Oc2ccc(C(C)C)cc2)c1. The molecule has 0 fully saturated rings. The predicted molar refractivity (Wildman–Crippen MR) is 79.8 cm³/mol. The number of ether oxygens (including phenoxy) is 1. The van der Waals surface area contributed by atoms with Crippen molar-refractivity contribution in [2.45, 2.75) is 26.3 Å². The average molecular weight is 273 g/mol. The van der Waals surface area contributed by atoms with Crippen molar-refractivity contribution >= 4 is 0 Å². The molecule has 0 aromatic heterocycles. The molecule has 0 aliphatic heterocycles. The highest BCUT2D eigenvalue weighted by Crippen LogP contribution is 2.25. The van der Waals surface area contributed by atoms with Crippen LogP contribution in [0.5, 0.6) is 11.5 Å². The van der Waals surface area contributed by atoms with Crippen molar-refractivity contribution in [3.05, 3.63) is 59.4 Å². The number of hydrogen-bond donors (Lipinski definition) is 1. The zero-order valence-corrected chi connectivity index (χ0v) is 12.1. The van der Waals surface area contributed by atoms with Crippen LogP contribution in [0.25, 0.3) is 0 Å². The molecule has 2 aromatic rings.